The van der Waals surface area contributed by atoms with Gasteiger partial charge in [-0.25, -0.2) is 0 Å². The molecule has 0 aliphatic carbocycles. The molecular formula is C16H19NO3S. The van der Waals surface area contributed by atoms with Crippen LogP contribution in [0.5, 0.6) is 5.75 Å². The van der Waals surface area contributed by atoms with Crippen molar-refractivity contribution >= 4 is 17.3 Å². The van der Waals surface area contributed by atoms with E-state index in [2.05, 4.69) is 10.1 Å². The average Bonchev–Trinajstić information content (AvgIpc) is 2.95. The van der Waals surface area contributed by atoms with Gasteiger partial charge < -0.3 is 14.8 Å². The average molecular weight is 305 g/mol. The van der Waals surface area contributed by atoms with Crippen molar-refractivity contribution in [3.8, 4) is 5.75 Å². The number of hydrogen-bond donors (Lipinski definition) is 1. The highest BCUT2D eigenvalue weighted by Crippen LogP contribution is 2.19. The van der Waals surface area contributed by atoms with Gasteiger partial charge in [-0.05, 0) is 18.2 Å². The van der Waals surface area contributed by atoms with E-state index in [1.54, 1.807) is 18.4 Å². The smallest absolute Gasteiger partial charge is 0.310 e. The maximum absolute atomic E-state index is 11.2. The number of rotatable bonds is 7. The Kier molecular flexibility index (Phi) is 5.78. The molecule has 0 aliphatic rings. The molecule has 2 rings (SSSR count). The zero-order chi connectivity index (χ0) is 15.1. The van der Waals surface area contributed by atoms with Crippen molar-refractivity contribution in [3.63, 3.8) is 0 Å². The molecule has 1 aromatic heterocycles. The Morgan fingerprint density at radius 3 is 2.62 bits per heavy atom. The fraction of sp³-hybridized carbons (Fsp3) is 0.312. The van der Waals surface area contributed by atoms with Crippen LogP contribution in [0.4, 0.5) is 0 Å². The summed E-state index contributed by atoms with van der Waals surface area (Å²) in [6, 6.07) is 12.0. The molecule has 2 aromatic rings. The predicted octanol–water partition coefficient (Wildman–Crippen LogP) is 2.76. The van der Waals surface area contributed by atoms with Crippen LogP contribution in [0, 0.1) is 0 Å². The molecule has 1 aromatic carbocycles. The second-order valence-corrected chi connectivity index (χ2v) is 5.79. The zero-order valence-electron chi connectivity index (χ0n) is 12.2. The largest absolute Gasteiger partial charge is 0.496 e. The Balaban J connectivity index is 1.85. The molecule has 0 radical (unpaired) electrons. The summed E-state index contributed by atoms with van der Waals surface area (Å²) in [6.07, 6.45) is 0.341. The van der Waals surface area contributed by atoms with E-state index in [1.807, 2.05) is 36.4 Å². The topological polar surface area (TPSA) is 47.6 Å². The summed E-state index contributed by atoms with van der Waals surface area (Å²) >= 11 is 1.63. The summed E-state index contributed by atoms with van der Waals surface area (Å²) < 4.78 is 9.99. The molecule has 0 spiro atoms. The van der Waals surface area contributed by atoms with E-state index in [0.29, 0.717) is 6.42 Å². The predicted molar refractivity (Wildman–Crippen MR) is 83.6 cm³/mol. The van der Waals surface area contributed by atoms with Crippen LogP contribution in [0.15, 0.2) is 36.4 Å². The highest BCUT2D eigenvalue weighted by Gasteiger charge is 2.06. The first-order chi connectivity index (χ1) is 10.2. The number of thiophene rings is 1. The standard InChI is InChI=1S/C16H19NO3S/c1-19-15-6-4-3-5-12(15)10-17-11-14-8-7-13(21-14)9-16(18)20-2/h3-8,17H,9-11H2,1-2H3. The van der Waals surface area contributed by atoms with Crippen LogP contribution in [0.2, 0.25) is 0 Å². The summed E-state index contributed by atoms with van der Waals surface area (Å²) in [5, 5.41) is 3.39. The molecular weight excluding hydrogens is 286 g/mol. The number of para-hydroxylation sites is 1. The number of methoxy groups -OCH3 is 2. The maximum atomic E-state index is 11.2. The van der Waals surface area contributed by atoms with E-state index in [-0.39, 0.29) is 5.97 Å². The lowest BCUT2D eigenvalue weighted by atomic mass is 10.2. The van der Waals surface area contributed by atoms with Crippen molar-refractivity contribution < 1.29 is 14.3 Å². The van der Waals surface area contributed by atoms with E-state index < -0.39 is 0 Å². The summed E-state index contributed by atoms with van der Waals surface area (Å²) in [6.45, 7) is 1.51. The van der Waals surface area contributed by atoms with Gasteiger partial charge in [0.1, 0.15) is 5.75 Å². The maximum Gasteiger partial charge on any atom is 0.310 e. The molecule has 21 heavy (non-hydrogen) atoms. The lowest BCUT2D eigenvalue weighted by Crippen LogP contribution is -2.12. The van der Waals surface area contributed by atoms with E-state index in [4.69, 9.17) is 4.74 Å². The van der Waals surface area contributed by atoms with Gasteiger partial charge in [0, 0.05) is 28.4 Å². The number of carbonyl (C=O) groups is 1. The first kappa shape index (κ1) is 15.5. The van der Waals surface area contributed by atoms with Crippen LogP contribution in [0.3, 0.4) is 0 Å². The van der Waals surface area contributed by atoms with Gasteiger partial charge >= 0.3 is 5.97 Å². The highest BCUT2D eigenvalue weighted by atomic mass is 32.1. The fourth-order valence-corrected chi connectivity index (χ4v) is 2.97. The normalized spacial score (nSPS) is 10.4. The van der Waals surface area contributed by atoms with Gasteiger partial charge in [0.15, 0.2) is 0 Å². The van der Waals surface area contributed by atoms with Gasteiger partial charge in [-0.3, -0.25) is 4.79 Å². The number of nitrogens with one attached hydrogen (secondary N) is 1. The van der Waals surface area contributed by atoms with E-state index in [0.717, 1.165) is 29.3 Å². The number of ether oxygens (including phenoxy) is 2. The van der Waals surface area contributed by atoms with Crippen LogP contribution >= 0.6 is 11.3 Å². The zero-order valence-corrected chi connectivity index (χ0v) is 13.0. The number of hydrogen-bond acceptors (Lipinski definition) is 5. The van der Waals surface area contributed by atoms with E-state index >= 15 is 0 Å². The molecule has 0 atom stereocenters. The Morgan fingerprint density at radius 1 is 1.10 bits per heavy atom. The van der Waals surface area contributed by atoms with Crippen molar-refractivity contribution in [1.82, 2.24) is 5.32 Å². The van der Waals surface area contributed by atoms with Gasteiger partial charge in [0.05, 0.1) is 20.6 Å². The SMILES string of the molecule is COC(=O)Cc1ccc(CNCc2ccccc2OC)s1. The Bertz CT molecular complexity index is 595. The molecule has 0 saturated carbocycles. The Hall–Kier alpha value is -1.85. The summed E-state index contributed by atoms with van der Waals surface area (Å²) in [5.41, 5.74) is 1.13. The van der Waals surface area contributed by atoms with Gasteiger partial charge in [-0.2, -0.15) is 0 Å². The number of carbonyl (C=O) groups excluding carboxylic acids is 1. The van der Waals surface area contributed by atoms with Crippen LogP contribution in [-0.2, 0) is 29.0 Å². The van der Waals surface area contributed by atoms with Gasteiger partial charge in [0.25, 0.3) is 0 Å². The molecule has 0 saturated heterocycles. The van der Waals surface area contributed by atoms with E-state index in [9.17, 15) is 4.79 Å². The second kappa shape index (κ2) is 7.81. The van der Waals surface area contributed by atoms with Crippen LogP contribution < -0.4 is 10.1 Å². The van der Waals surface area contributed by atoms with Crippen LogP contribution in [0.1, 0.15) is 15.3 Å². The second-order valence-electron chi connectivity index (χ2n) is 4.54. The monoisotopic (exact) mass is 305 g/mol. The van der Waals surface area contributed by atoms with Crippen molar-refractivity contribution in [2.45, 2.75) is 19.5 Å². The third-order valence-corrected chi connectivity index (χ3v) is 4.16. The Morgan fingerprint density at radius 2 is 1.86 bits per heavy atom. The molecule has 0 amide bonds. The first-order valence-corrected chi connectivity index (χ1v) is 7.51. The highest BCUT2D eigenvalue weighted by molar-refractivity contribution is 7.12. The minimum absolute atomic E-state index is 0.203. The minimum atomic E-state index is -0.203. The van der Waals surface area contributed by atoms with E-state index in [1.165, 1.54) is 12.0 Å². The van der Waals surface area contributed by atoms with Crippen LogP contribution in [0.25, 0.3) is 0 Å². The summed E-state index contributed by atoms with van der Waals surface area (Å²) in [7, 11) is 3.09. The summed E-state index contributed by atoms with van der Waals surface area (Å²) in [4.78, 5) is 13.4. The van der Waals surface area contributed by atoms with Gasteiger partial charge in [0.2, 0.25) is 0 Å². The lowest BCUT2D eigenvalue weighted by molar-refractivity contribution is -0.139. The van der Waals surface area contributed by atoms with Gasteiger partial charge in [-0.15, -0.1) is 11.3 Å². The lowest BCUT2D eigenvalue weighted by Gasteiger charge is -2.08. The molecule has 112 valence electrons. The molecule has 0 fully saturated rings. The van der Waals surface area contributed by atoms with Gasteiger partial charge in [-0.1, -0.05) is 18.2 Å². The minimum Gasteiger partial charge on any atom is -0.496 e. The molecule has 0 aliphatic heterocycles. The van der Waals surface area contributed by atoms with Crippen molar-refractivity contribution in [3.05, 3.63) is 51.7 Å². The Labute approximate surface area is 128 Å². The third kappa shape index (κ3) is 4.58. The molecule has 5 heteroatoms. The third-order valence-electron chi connectivity index (χ3n) is 3.07. The van der Waals surface area contributed by atoms with Crippen molar-refractivity contribution in [2.75, 3.05) is 14.2 Å². The molecule has 1 N–H and O–H groups in total. The quantitative estimate of drug-likeness (QED) is 0.799. The first-order valence-electron chi connectivity index (χ1n) is 6.70. The fourth-order valence-electron chi connectivity index (χ4n) is 2.00. The molecule has 4 nitrogen and oxygen atoms in total. The summed E-state index contributed by atoms with van der Waals surface area (Å²) in [5.74, 6) is 0.688. The number of esters is 1. The molecule has 0 unspecified atom stereocenters. The molecule has 1 heterocycles. The molecule has 0 bridgehead atoms. The van der Waals surface area contributed by atoms with Crippen LogP contribution in [-0.4, -0.2) is 20.2 Å². The number of benzene rings is 1. The van der Waals surface area contributed by atoms with Crippen molar-refractivity contribution in [2.24, 2.45) is 0 Å². The van der Waals surface area contributed by atoms with Crippen molar-refractivity contribution in [1.29, 1.82) is 0 Å².